The van der Waals surface area contributed by atoms with Crippen molar-refractivity contribution >= 4 is 0 Å². The maximum atomic E-state index is 4.46. The zero-order valence-corrected chi connectivity index (χ0v) is 11.3. The van der Waals surface area contributed by atoms with E-state index in [4.69, 9.17) is 0 Å². The molecule has 0 spiro atoms. The summed E-state index contributed by atoms with van der Waals surface area (Å²) in [5.41, 5.74) is 3.93. The molecule has 1 rings (SSSR count). The van der Waals surface area contributed by atoms with E-state index >= 15 is 0 Å². The number of hydrogen-bond donors (Lipinski definition) is 0. The van der Waals surface area contributed by atoms with Crippen LogP contribution in [0.25, 0.3) is 0 Å². The molecule has 0 unspecified atom stereocenters. The fraction of sp³-hybridized carbons (Fsp3) is 0.643. The van der Waals surface area contributed by atoms with Gasteiger partial charge >= 0.3 is 0 Å². The topological polar surface area (TPSA) is 12.9 Å². The average molecular weight is 207 g/mol. The monoisotopic (exact) mass is 207 g/mol. The molecule has 1 aromatic heterocycles. The quantitative estimate of drug-likeness (QED) is 0.687. The van der Waals surface area contributed by atoms with Crippen LogP contribution in [0.1, 0.15) is 70.2 Å². The molecular weight excluding hydrogens is 182 g/mol. The maximum absolute atomic E-state index is 4.46. The summed E-state index contributed by atoms with van der Waals surface area (Å²) in [4.78, 5) is 4.46. The summed E-state index contributed by atoms with van der Waals surface area (Å²) in [5, 5.41) is 0. The summed E-state index contributed by atoms with van der Waals surface area (Å²) in [6.45, 7) is 14.9. The van der Waals surface area contributed by atoms with Crippen LogP contribution in [0.15, 0.2) is 12.3 Å². The first-order valence-corrected chi connectivity index (χ1v) is 5.98. The van der Waals surface area contributed by atoms with E-state index in [0.29, 0.717) is 11.8 Å². The first-order valence-electron chi connectivity index (χ1n) is 5.98. The lowest BCUT2D eigenvalue weighted by Gasteiger charge is -2.11. The van der Waals surface area contributed by atoms with Crippen molar-refractivity contribution in [3.63, 3.8) is 0 Å². The molecule has 0 aromatic carbocycles. The van der Waals surface area contributed by atoms with Gasteiger partial charge in [-0.1, -0.05) is 41.5 Å². The Labute approximate surface area is 94.9 Å². The molecule has 0 aliphatic rings. The van der Waals surface area contributed by atoms with Gasteiger partial charge in [0, 0.05) is 11.9 Å². The van der Waals surface area contributed by atoms with Gasteiger partial charge < -0.3 is 0 Å². The first-order chi connectivity index (χ1) is 7.02. The maximum Gasteiger partial charge on any atom is 0.0431 e. The predicted octanol–water partition coefficient (Wildman–Crippen LogP) is 4.66. The second-order valence-electron chi connectivity index (χ2n) is 4.28. The van der Waals surface area contributed by atoms with Crippen molar-refractivity contribution in [1.29, 1.82) is 0 Å². The van der Waals surface area contributed by atoms with Crippen LogP contribution in [0.4, 0.5) is 0 Å². The minimum Gasteiger partial charge on any atom is -0.261 e. The van der Waals surface area contributed by atoms with E-state index in [2.05, 4.69) is 45.7 Å². The Kier molecular flexibility index (Phi) is 6.23. The van der Waals surface area contributed by atoms with Crippen LogP contribution in [-0.4, -0.2) is 4.98 Å². The molecule has 0 saturated carbocycles. The highest BCUT2D eigenvalue weighted by atomic mass is 14.7. The fourth-order valence-corrected chi connectivity index (χ4v) is 1.51. The van der Waals surface area contributed by atoms with E-state index in [-0.39, 0.29) is 0 Å². The van der Waals surface area contributed by atoms with Gasteiger partial charge in [-0.25, -0.2) is 0 Å². The molecule has 0 aliphatic carbocycles. The lowest BCUT2D eigenvalue weighted by molar-refractivity contribution is 0.795. The average Bonchev–Trinajstić information content (AvgIpc) is 2.20. The SMILES string of the molecule is CC.Cc1cc(C(C)C)ncc1C(C)C. The lowest BCUT2D eigenvalue weighted by Crippen LogP contribution is -1.98. The van der Waals surface area contributed by atoms with E-state index in [1.165, 1.54) is 16.8 Å². The van der Waals surface area contributed by atoms with Crippen LogP contribution < -0.4 is 0 Å². The van der Waals surface area contributed by atoms with Gasteiger partial charge in [0.1, 0.15) is 0 Å². The van der Waals surface area contributed by atoms with Crippen LogP contribution in [-0.2, 0) is 0 Å². The molecule has 0 N–H and O–H groups in total. The van der Waals surface area contributed by atoms with Gasteiger partial charge in [0.2, 0.25) is 0 Å². The second kappa shape index (κ2) is 6.60. The minimum absolute atomic E-state index is 0.528. The summed E-state index contributed by atoms with van der Waals surface area (Å²) in [6.07, 6.45) is 2.02. The molecule has 1 aromatic rings. The normalized spacial score (nSPS) is 10.2. The van der Waals surface area contributed by atoms with Gasteiger partial charge in [-0.3, -0.25) is 4.98 Å². The van der Waals surface area contributed by atoms with E-state index < -0.39 is 0 Å². The Morgan fingerprint density at radius 3 is 1.87 bits per heavy atom. The molecule has 0 amide bonds. The van der Waals surface area contributed by atoms with Gasteiger partial charge in [-0.05, 0) is 36.0 Å². The lowest BCUT2D eigenvalue weighted by atomic mass is 9.98. The number of pyridine rings is 1. The van der Waals surface area contributed by atoms with Gasteiger partial charge in [-0.15, -0.1) is 0 Å². The van der Waals surface area contributed by atoms with Crippen molar-refractivity contribution in [3.8, 4) is 0 Å². The van der Waals surface area contributed by atoms with Gasteiger partial charge in [-0.2, -0.15) is 0 Å². The predicted molar refractivity (Wildman–Crippen MR) is 68.5 cm³/mol. The van der Waals surface area contributed by atoms with Crippen molar-refractivity contribution in [2.45, 2.75) is 60.3 Å². The number of rotatable bonds is 2. The first kappa shape index (κ1) is 14.2. The van der Waals surface area contributed by atoms with E-state index in [9.17, 15) is 0 Å². The molecule has 0 bridgehead atoms. The Bertz CT molecular complexity index is 287. The number of aryl methyl sites for hydroxylation is 1. The summed E-state index contributed by atoms with van der Waals surface area (Å²) in [7, 11) is 0. The molecule has 0 atom stereocenters. The van der Waals surface area contributed by atoms with Gasteiger partial charge in [0.15, 0.2) is 0 Å². The van der Waals surface area contributed by atoms with E-state index in [1.54, 1.807) is 0 Å². The smallest absolute Gasteiger partial charge is 0.0431 e. The molecule has 15 heavy (non-hydrogen) atoms. The Balaban J connectivity index is 0.000000921. The van der Waals surface area contributed by atoms with Crippen molar-refractivity contribution < 1.29 is 0 Å². The Morgan fingerprint density at radius 2 is 1.53 bits per heavy atom. The molecule has 0 saturated heterocycles. The number of nitrogens with zero attached hydrogens (tertiary/aromatic N) is 1. The molecular formula is C14H25N. The number of aromatic nitrogens is 1. The van der Waals surface area contributed by atoms with E-state index in [0.717, 1.165) is 0 Å². The molecule has 1 heterocycles. The van der Waals surface area contributed by atoms with Crippen molar-refractivity contribution in [2.75, 3.05) is 0 Å². The number of hydrogen-bond acceptors (Lipinski definition) is 1. The highest BCUT2D eigenvalue weighted by Gasteiger charge is 2.06. The largest absolute Gasteiger partial charge is 0.261 e. The molecule has 1 nitrogen and oxygen atoms in total. The Morgan fingerprint density at radius 1 is 1.00 bits per heavy atom. The zero-order valence-electron chi connectivity index (χ0n) is 11.3. The fourth-order valence-electron chi connectivity index (χ4n) is 1.51. The summed E-state index contributed by atoms with van der Waals surface area (Å²) < 4.78 is 0. The minimum atomic E-state index is 0.528. The third-order valence-corrected chi connectivity index (χ3v) is 2.39. The molecule has 86 valence electrons. The summed E-state index contributed by atoms with van der Waals surface area (Å²) in [6, 6.07) is 2.21. The van der Waals surface area contributed by atoms with Gasteiger partial charge in [0.05, 0.1) is 0 Å². The molecule has 0 aliphatic heterocycles. The second-order valence-corrected chi connectivity index (χ2v) is 4.28. The van der Waals surface area contributed by atoms with Crippen LogP contribution in [0.5, 0.6) is 0 Å². The standard InChI is InChI=1S/C12H19N.C2H6/c1-8(2)11-7-13-12(9(3)4)6-10(11)5;1-2/h6-9H,1-5H3;1-2H3. The zero-order chi connectivity index (χ0) is 12.0. The third kappa shape index (κ3) is 4.03. The van der Waals surface area contributed by atoms with Gasteiger partial charge in [0.25, 0.3) is 0 Å². The van der Waals surface area contributed by atoms with Crippen LogP contribution in [0.3, 0.4) is 0 Å². The van der Waals surface area contributed by atoms with Crippen LogP contribution in [0.2, 0.25) is 0 Å². The highest BCUT2D eigenvalue weighted by Crippen LogP contribution is 2.21. The Hall–Kier alpha value is -0.850. The third-order valence-electron chi connectivity index (χ3n) is 2.39. The van der Waals surface area contributed by atoms with Crippen LogP contribution in [0, 0.1) is 6.92 Å². The molecule has 1 heteroatoms. The molecule has 0 radical (unpaired) electrons. The van der Waals surface area contributed by atoms with Crippen molar-refractivity contribution in [1.82, 2.24) is 4.98 Å². The molecule has 0 fully saturated rings. The van der Waals surface area contributed by atoms with E-state index in [1.807, 2.05) is 20.0 Å². The van der Waals surface area contributed by atoms with Crippen molar-refractivity contribution in [3.05, 3.63) is 29.1 Å². The van der Waals surface area contributed by atoms with Crippen LogP contribution >= 0.6 is 0 Å². The highest BCUT2D eigenvalue weighted by molar-refractivity contribution is 5.28. The summed E-state index contributed by atoms with van der Waals surface area (Å²) >= 11 is 0. The van der Waals surface area contributed by atoms with Crippen molar-refractivity contribution in [2.24, 2.45) is 0 Å². The summed E-state index contributed by atoms with van der Waals surface area (Å²) in [5.74, 6) is 1.11.